The molecule has 174 valence electrons. The molecule has 0 radical (unpaired) electrons. The van der Waals surface area contributed by atoms with Crippen molar-refractivity contribution in [2.75, 3.05) is 38.0 Å². The molecule has 0 bridgehead atoms. The molecule has 34 heavy (non-hydrogen) atoms. The van der Waals surface area contributed by atoms with Gasteiger partial charge in [0.15, 0.2) is 0 Å². The van der Waals surface area contributed by atoms with Gasteiger partial charge in [-0.1, -0.05) is 84.9 Å². The van der Waals surface area contributed by atoms with Gasteiger partial charge < -0.3 is 9.80 Å². The summed E-state index contributed by atoms with van der Waals surface area (Å²) in [5, 5.41) is 0. The van der Waals surface area contributed by atoms with E-state index < -0.39 is 0 Å². The van der Waals surface area contributed by atoms with E-state index in [0.29, 0.717) is 0 Å². The van der Waals surface area contributed by atoms with Crippen LogP contribution in [-0.2, 0) is 0 Å². The Morgan fingerprint density at radius 3 is 0.941 bits per heavy atom. The van der Waals surface area contributed by atoms with E-state index in [2.05, 4.69) is 184 Å². The fourth-order valence-electron chi connectivity index (χ4n) is 3.97. The molecule has 0 atom stereocenters. The molecule has 0 aliphatic carbocycles. The highest BCUT2D eigenvalue weighted by molar-refractivity contribution is 15.0. The minimum Gasteiger partial charge on any atom is -0.378 e. The Kier molecular flexibility index (Phi) is 10.0. The summed E-state index contributed by atoms with van der Waals surface area (Å²) in [6.45, 7) is 0. The molecule has 0 heterocycles. The first kappa shape index (κ1) is 26.3. The molecule has 4 heteroatoms. The van der Waals surface area contributed by atoms with Gasteiger partial charge in [0.2, 0.25) is 0 Å². The molecule has 0 aliphatic rings. The van der Waals surface area contributed by atoms with Gasteiger partial charge in [0.1, 0.15) is 0 Å². The van der Waals surface area contributed by atoms with Crippen molar-refractivity contribution in [1.29, 1.82) is 0 Å². The van der Waals surface area contributed by atoms with Crippen LogP contribution in [-0.4, -0.2) is 28.2 Å². The molecule has 4 aromatic carbocycles. The van der Waals surface area contributed by atoms with Crippen molar-refractivity contribution in [2.24, 2.45) is 0 Å². The van der Waals surface area contributed by atoms with Gasteiger partial charge in [-0.05, 0) is 57.7 Å². The van der Waals surface area contributed by atoms with Crippen LogP contribution in [0.15, 0.2) is 109 Å². The van der Waals surface area contributed by atoms with Gasteiger partial charge in [-0.3, -0.25) is 0 Å². The molecule has 2 nitrogen and oxygen atoms in total. The normalized spacial score (nSPS) is 11.1. The Labute approximate surface area is 227 Å². The number of nitrogens with zero attached hydrogens (tertiary/aromatic N) is 2. The van der Waals surface area contributed by atoms with Crippen LogP contribution in [0.2, 0.25) is 0 Å². The van der Waals surface area contributed by atoms with Crippen molar-refractivity contribution in [3.05, 3.63) is 131 Å². The molecular formula is C30H30I2N2. The van der Waals surface area contributed by atoms with E-state index in [0.717, 1.165) is 0 Å². The first-order chi connectivity index (χ1) is 16.5. The lowest BCUT2D eigenvalue weighted by molar-refractivity contribution is 1.13. The molecule has 0 amide bonds. The van der Waals surface area contributed by atoms with Gasteiger partial charge in [-0.15, -0.1) is 0 Å². The summed E-state index contributed by atoms with van der Waals surface area (Å²) >= 11 is 4.24. The van der Waals surface area contributed by atoms with Crippen molar-refractivity contribution >= 4 is 59.8 Å². The lowest BCUT2D eigenvalue weighted by atomic mass is 9.85. The summed E-state index contributed by atoms with van der Waals surface area (Å²) in [4.78, 5) is 4.27. The molecule has 4 aromatic rings. The zero-order valence-corrected chi connectivity index (χ0v) is 24.4. The lowest BCUT2D eigenvalue weighted by Crippen LogP contribution is -2.08. The van der Waals surface area contributed by atoms with Crippen LogP contribution in [0.25, 0.3) is 11.1 Å². The van der Waals surface area contributed by atoms with Crippen LogP contribution in [0.1, 0.15) is 22.3 Å². The van der Waals surface area contributed by atoms with Crippen LogP contribution in [0.5, 0.6) is 0 Å². The number of hydrogen-bond donors (Lipinski definition) is 0. The highest BCUT2D eigenvalue weighted by Crippen LogP contribution is 2.37. The summed E-state index contributed by atoms with van der Waals surface area (Å²) in [6.07, 6.45) is 0. The van der Waals surface area contributed by atoms with Gasteiger partial charge in [-0.2, -0.15) is 0 Å². The van der Waals surface area contributed by atoms with E-state index >= 15 is 0 Å². The maximum Gasteiger partial charge on any atom is 0.0361 e. The van der Waals surface area contributed by atoms with Gasteiger partial charge in [0, 0.05) is 76.8 Å². The first-order valence-corrected chi connectivity index (χ1v) is 17.4. The maximum atomic E-state index is 2.23. The highest BCUT2D eigenvalue weighted by atomic mass is 128. The lowest BCUT2D eigenvalue weighted by Gasteiger charge is -2.20. The fraction of sp³-hybridized carbons (Fsp3) is 0.133. The Morgan fingerprint density at radius 2 is 0.676 bits per heavy atom. The highest BCUT2D eigenvalue weighted by Gasteiger charge is 2.16. The summed E-state index contributed by atoms with van der Waals surface area (Å²) in [7, 11) is 8.30. The van der Waals surface area contributed by atoms with Crippen molar-refractivity contribution in [3.63, 3.8) is 0 Å². The van der Waals surface area contributed by atoms with Crippen molar-refractivity contribution in [2.45, 2.75) is 0 Å². The van der Waals surface area contributed by atoms with Crippen molar-refractivity contribution in [3.8, 4) is 0 Å². The topological polar surface area (TPSA) is 6.48 Å². The molecule has 0 spiro atoms. The minimum absolute atomic E-state index is 1.19. The Hall–Kier alpha value is -2.32. The summed E-state index contributed by atoms with van der Waals surface area (Å²) < 4.78 is 0. The van der Waals surface area contributed by atoms with E-state index in [-0.39, 0.29) is 0 Å². The molecule has 0 saturated heterocycles. The third-order valence-corrected chi connectivity index (χ3v) is 5.72. The summed E-state index contributed by atoms with van der Waals surface area (Å²) in [5.41, 5.74) is 9.69. The Balaban J connectivity index is 0.00000158. The van der Waals surface area contributed by atoms with Crippen LogP contribution in [0, 0.1) is 0 Å². The summed E-state index contributed by atoms with van der Waals surface area (Å²) in [5.74, 6) is 0. The standard InChI is InChI=1S/C30H30N2.I2/c1-31(2)27-19-15-25(16-20-27)29(23-11-7-5-8-12-23)30(24-13-9-6-10-14-24)26-17-21-28(22-18-26)32(3)4;1-2/h5-22H,1-4H3;/b30-29+;. The zero-order valence-electron chi connectivity index (χ0n) is 20.0. The predicted octanol–water partition coefficient (Wildman–Crippen LogP) is 8.60. The second-order valence-corrected chi connectivity index (χ2v) is 8.36. The van der Waals surface area contributed by atoms with Crippen LogP contribution < -0.4 is 9.80 Å². The van der Waals surface area contributed by atoms with Crippen LogP contribution >= 0.6 is 37.2 Å². The largest absolute Gasteiger partial charge is 0.378 e. The molecule has 0 unspecified atom stereocenters. The fourth-order valence-corrected chi connectivity index (χ4v) is 3.97. The first-order valence-electron chi connectivity index (χ1n) is 11.1. The quantitative estimate of drug-likeness (QED) is 0.150. The van der Waals surface area contributed by atoms with E-state index in [4.69, 9.17) is 0 Å². The van der Waals surface area contributed by atoms with E-state index in [9.17, 15) is 0 Å². The molecule has 0 saturated carbocycles. The molecular weight excluding hydrogens is 642 g/mol. The number of benzene rings is 4. The monoisotopic (exact) mass is 672 g/mol. The van der Waals surface area contributed by atoms with Gasteiger partial charge in [0.25, 0.3) is 0 Å². The third kappa shape index (κ3) is 6.42. The van der Waals surface area contributed by atoms with Crippen LogP contribution in [0.4, 0.5) is 11.4 Å². The number of rotatable bonds is 6. The minimum atomic E-state index is 1.19. The number of anilines is 2. The zero-order chi connectivity index (χ0) is 24.5. The van der Waals surface area contributed by atoms with Gasteiger partial charge in [0.05, 0.1) is 0 Å². The molecule has 0 aromatic heterocycles. The average molecular weight is 672 g/mol. The van der Waals surface area contributed by atoms with Crippen molar-refractivity contribution < 1.29 is 0 Å². The predicted molar refractivity (Wildman–Crippen MR) is 167 cm³/mol. The summed E-state index contributed by atoms with van der Waals surface area (Å²) in [6, 6.07) is 39.1. The van der Waals surface area contributed by atoms with Crippen molar-refractivity contribution in [1.82, 2.24) is 0 Å². The number of hydrogen-bond acceptors (Lipinski definition) is 2. The van der Waals surface area contributed by atoms with E-state index in [1.165, 1.54) is 44.8 Å². The van der Waals surface area contributed by atoms with E-state index in [1.54, 1.807) is 0 Å². The molecule has 0 N–H and O–H groups in total. The third-order valence-electron chi connectivity index (χ3n) is 5.72. The number of halogens is 2. The van der Waals surface area contributed by atoms with Gasteiger partial charge in [-0.25, -0.2) is 0 Å². The Bertz CT molecular complexity index is 1090. The maximum absolute atomic E-state index is 2.23. The smallest absolute Gasteiger partial charge is 0.0361 e. The SMILES string of the molecule is CN(C)c1ccc(/C(=C(\c2ccccc2)c2ccc(N(C)C)cc2)c2ccccc2)cc1.II. The second-order valence-electron chi connectivity index (χ2n) is 8.36. The van der Waals surface area contributed by atoms with Gasteiger partial charge >= 0.3 is 0 Å². The molecule has 4 rings (SSSR count). The van der Waals surface area contributed by atoms with Crippen LogP contribution in [0.3, 0.4) is 0 Å². The Morgan fingerprint density at radius 1 is 0.412 bits per heavy atom. The molecule has 0 aliphatic heterocycles. The average Bonchev–Trinajstić information content (AvgIpc) is 2.89. The second kappa shape index (κ2) is 13.0. The molecule has 0 fully saturated rings. The van der Waals surface area contributed by atoms with E-state index in [1.807, 2.05) is 0 Å².